The maximum atomic E-state index is 11.0. The third-order valence-electron chi connectivity index (χ3n) is 3.31. The number of aliphatic hydroxyl groups excluding tert-OH is 1. The summed E-state index contributed by atoms with van der Waals surface area (Å²) >= 11 is 0. The van der Waals surface area contributed by atoms with Gasteiger partial charge < -0.3 is 20.4 Å². The van der Waals surface area contributed by atoms with Crippen molar-refractivity contribution in [2.45, 2.75) is 70.5 Å². The number of carboxylic acid groups (broad SMARTS) is 2. The molecule has 4 N–H and O–H groups in total. The van der Waals surface area contributed by atoms with E-state index >= 15 is 0 Å². The molecule has 1 atom stereocenters. The summed E-state index contributed by atoms with van der Waals surface area (Å²) in [7, 11) is 0. The van der Waals surface area contributed by atoms with Crippen molar-refractivity contribution in [1.29, 1.82) is 0 Å². The van der Waals surface area contributed by atoms with Gasteiger partial charge in [-0.2, -0.15) is 0 Å². The minimum absolute atomic E-state index is 0.196. The summed E-state index contributed by atoms with van der Waals surface area (Å²) < 4.78 is 0. The zero-order valence-electron chi connectivity index (χ0n) is 11.8. The van der Waals surface area contributed by atoms with Crippen molar-refractivity contribution >= 4 is 11.9 Å². The topological polar surface area (TPSA) is 115 Å². The van der Waals surface area contributed by atoms with E-state index in [0.717, 1.165) is 25.7 Å². The highest BCUT2D eigenvalue weighted by molar-refractivity contribution is 5.69. The molecule has 0 bridgehead atoms. The monoisotopic (exact) mass is 290 g/mol. The first-order valence-corrected chi connectivity index (χ1v) is 7.24. The number of carbonyl (C=O) groups is 2. The first kappa shape index (κ1) is 18.9. The van der Waals surface area contributed by atoms with Crippen LogP contribution in [0.2, 0.25) is 0 Å². The molecule has 0 amide bonds. The third-order valence-corrected chi connectivity index (χ3v) is 3.31. The molecule has 20 heavy (non-hydrogen) atoms. The van der Waals surface area contributed by atoms with E-state index in [1.54, 1.807) is 0 Å². The molecule has 6 nitrogen and oxygen atoms in total. The zero-order chi connectivity index (χ0) is 15.4. The number of unbranched alkanes of at least 4 members (excludes halogenated alkanes) is 4. The van der Waals surface area contributed by atoms with Crippen LogP contribution in [0.15, 0.2) is 0 Å². The van der Waals surface area contributed by atoms with Crippen LogP contribution in [0.5, 0.6) is 0 Å². The molecule has 0 aliphatic heterocycles. The molecule has 0 aliphatic carbocycles. The van der Waals surface area contributed by atoms with Crippen molar-refractivity contribution < 1.29 is 30.0 Å². The fourth-order valence-corrected chi connectivity index (χ4v) is 2.14. The summed E-state index contributed by atoms with van der Waals surface area (Å²) in [6, 6.07) is 0. The Kier molecular flexibility index (Phi) is 11.0. The Balaban J connectivity index is 3.60. The summed E-state index contributed by atoms with van der Waals surface area (Å²) in [4.78, 5) is 21.3. The maximum Gasteiger partial charge on any atom is 0.306 e. The summed E-state index contributed by atoms with van der Waals surface area (Å²) in [5.74, 6) is -2.03. The van der Waals surface area contributed by atoms with Gasteiger partial charge in [0.15, 0.2) is 6.29 Å². The summed E-state index contributed by atoms with van der Waals surface area (Å²) in [6.45, 7) is 0. The largest absolute Gasteiger partial charge is 0.481 e. The predicted octanol–water partition coefficient (Wildman–Crippen LogP) is 1.98. The van der Waals surface area contributed by atoms with Crippen LogP contribution < -0.4 is 0 Å². The quantitative estimate of drug-likeness (QED) is 0.304. The van der Waals surface area contributed by atoms with Gasteiger partial charge in [0.2, 0.25) is 0 Å². The fourth-order valence-electron chi connectivity index (χ4n) is 2.14. The van der Waals surface area contributed by atoms with E-state index < -0.39 is 24.1 Å². The van der Waals surface area contributed by atoms with Crippen LogP contribution in [0, 0.1) is 5.92 Å². The lowest BCUT2D eigenvalue weighted by molar-refractivity contribution is -0.142. The molecule has 0 aromatic carbocycles. The highest BCUT2D eigenvalue weighted by atomic mass is 16.5. The predicted molar refractivity (Wildman–Crippen MR) is 73.2 cm³/mol. The number of hydrogen-bond acceptors (Lipinski definition) is 4. The third kappa shape index (κ3) is 11.9. The van der Waals surface area contributed by atoms with Crippen LogP contribution in [0.4, 0.5) is 0 Å². The molecule has 0 aromatic rings. The highest BCUT2D eigenvalue weighted by Gasteiger charge is 2.16. The van der Waals surface area contributed by atoms with Gasteiger partial charge in [-0.15, -0.1) is 0 Å². The average Bonchev–Trinajstić information content (AvgIpc) is 2.34. The summed E-state index contributed by atoms with van der Waals surface area (Å²) in [5.41, 5.74) is 0. The molecule has 0 fully saturated rings. The molecular formula is C14H26O6. The summed E-state index contributed by atoms with van der Waals surface area (Å²) in [6.07, 6.45) is 4.77. The minimum Gasteiger partial charge on any atom is -0.481 e. The Morgan fingerprint density at radius 3 is 1.85 bits per heavy atom. The smallest absolute Gasteiger partial charge is 0.306 e. The van der Waals surface area contributed by atoms with Crippen LogP contribution in [-0.4, -0.2) is 38.7 Å². The van der Waals surface area contributed by atoms with E-state index in [-0.39, 0.29) is 12.8 Å². The van der Waals surface area contributed by atoms with Crippen LogP contribution in [0.3, 0.4) is 0 Å². The van der Waals surface area contributed by atoms with Crippen molar-refractivity contribution in [2.75, 3.05) is 0 Å². The van der Waals surface area contributed by atoms with E-state index in [1.807, 2.05) is 0 Å². The van der Waals surface area contributed by atoms with Gasteiger partial charge in [0.1, 0.15) is 0 Å². The first-order valence-electron chi connectivity index (χ1n) is 7.24. The Hall–Kier alpha value is -1.14. The van der Waals surface area contributed by atoms with E-state index in [4.69, 9.17) is 20.4 Å². The van der Waals surface area contributed by atoms with Gasteiger partial charge in [0.25, 0.3) is 0 Å². The van der Waals surface area contributed by atoms with Gasteiger partial charge in [-0.3, -0.25) is 9.59 Å². The standard InChI is InChI=1S/C14H26O6/c15-12(16)9-5-3-1-2-4-7-11(14(19)20)8-6-10-13(17)18/h11,13,17-18H,1-10H2,(H,15,16)(H,19,20). The Labute approximate surface area is 119 Å². The second kappa shape index (κ2) is 11.7. The SMILES string of the molecule is O=C(O)CCCCCCCC(CCCC(O)O)C(=O)O. The lowest BCUT2D eigenvalue weighted by Crippen LogP contribution is -2.15. The number of hydrogen-bond donors (Lipinski definition) is 4. The number of carboxylic acids is 2. The van der Waals surface area contributed by atoms with Crippen molar-refractivity contribution in [3.8, 4) is 0 Å². The van der Waals surface area contributed by atoms with Crippen molar-refractivity contribution in [2.24, 2.45) is 5.92 Å². The average molecular weight is 290 g/mol. The minimum atomic E-state index is -1.36. The van der Waals surface area contributed by atoms with Crippen LogP contribution in [-0.2, 0) is 9.59 Å². The molecule has 0 saturated carbocycles. The second-order valence-corrected chi connectivity index (χ2v) is 5.15. The van der Waals surface area contributed by atoms with Gasteiger partial charge in [0, 0.05) is 6.42 Å². The van der Waals surface area contributed by atoms with Gasteiger partial charge in [-0.25, -0.2) is 0 Å². The molecule has 1 unspecified atom stereocenters. The molecule has 0 spiro atoms. The van der Waals surface area contributed by atoms with Crippen molar-refractivity contribution in [3.63, 3.8) is 0 Å². The zero-order valence-corrected chi connectivity index (χ0v) is 11.8. The van der Waals surface area contributed by atoms with Crippen LogP contribution in [0.1, 0.15) is 64.2 Å². The molecule has 0 heterocycles. The molecular weight excluding hydrogens is 264 g/mol. The normalized spacial score (nSPS) is 12.6. The van der Waals surface area contributed by atoms with Gasteiger partial charge >= 0.3 is 11.9 Å². The number of rotatable bonds is 13. The fraction of sp³-hybridized carbons (Fsp3) is 0.857. The molecule has 6 heteroatoms. The Bertz CT molecular complexity index is 277. The molecule has 118 valence electrons. The maximum absolute atomic E-state index is 11.0. The summed E-state index contributed by atoms with van der Waals surface area (Å²) in [5, 5.41) is 34.9. The second-order valence-electron chi connectivity index (χ2n) is 5.15. The lowest BCUT2D eigenvalue weighted by Gasteiger charge is -2.12. The molecule has 0 rings (SSSR count). The van der Waals surface area contributed by atoms with Gasteiger partial charge in [-0.05, 0) is 32.1 Å². The van der Waals surface area contributed by atoms with E-state index in [9.17, 15) is 9.59 Å². The molecule has 0 saturated heterocycles. The van der Waals surface area contributed by atoms with Crippen LogP contribution >= 0.6 is 0 Å². The van der Waals surface area contributed by atoms with E-state index in [2.05, 4.69) is 0 Å². The highest BCUT2D eigenvalue weighted by Crippen LogP contribution is 2.18. The lowest BCUT2D eigenvalue weighted by atomic mass is 9.95. The van der Waals surface area contributed by atoms with Gasteiger partial charge in [-0.1, -0.05) is 25.7 Å². The van der Waals surface area contributed by atoms with Crippen molar-refractivity contribution in [1.82, 2.24) is 0 Å². The number of aliphatic carboxylic acids is 2. The molecule has 0 aliphatic rings. The van der Waals surface area contributed by atoms with Crippen molar-refractivity contribution in [3.05, 3.63) is 0 Å². The first-order chi connectivity index (χ1) is 9.43. The van der Waals surface area contributed by atoms with E-state index in [0.29, 0.717) is 25.7 Å². The number of aliphatic hydroxyl groups is 2. The van der Waals surface area contributed by atoms with E-state index in [1.165, 1.54) is 0 Å². The molecule has 0 aromatic heterocycles. The van der Waals surface area contributed by atoms with Gasteiger partial charge in [0.05, 0.1) is 5.92 Å². The Morgan fingerprint density at radius 2 is 1.30 bits per heavy atom. The molecule has 0 radical (unpaired) electrons. The Morgan fingerprint density at radius 1 is 0.750 bits per heavy atom. The van der Waals surface area contributed by atoms with Crippen LogP contribution in [0.25, 0.3) is 0 Å².